The molecule has 0 aromatic heterocycles. The van der Waals surface area contributed by atoms with Crippen molar-refractivity contribution in [3.05, 3.63) is 61.1 Å². The normalized spacial score (nSPS) is 10.9. The molecule has 0 fully saturated rings. The first kappa shape index (κ1) is 17.0. The number of aryl methyl sites for hydroxylation is 1. The van der Waals surface area contributed by atoms with E-state index >= 15 is 0 Å². The van der Waals surface area contributed by atoms with Crippen molar-refractivity contribution in [2.75, 3.05) is 0 Å². The molecular formula is C16H14BrIN2O2. The van der Waals surface area contributed by atoms with E-state index in [1.807, 2.05) is 37.3 Å². The molecule has 0 aliphatic carbocycles. The summed E-state index contributed by atoms with van der Waals surface area (Å²) in [5.74, 6) is -0.0354. The van der Waals surface area contributed by atoms with Crippen LogP contribution in [0.1, 0.15) is 16.7 Å². The van der Waals surface area contributed by atoms with Crippen molar-refractivity contribution in [1.29, 1.82) is 0 Å². The summed E-state index contributed by atoms with van der Waals surface area (Å²) in [6.45, 7) is 1.82. The van der Waals surface area contributed by atoms with Gasteiger partial charge in [-0.1, -0.05) is 28.1 Å². The van der Waals surface area contributed by atoms with Crippen LogP contribution >= 0.6 is 38.5 Å². The lowest BCUT2D eigenvalue weighted by Gasteiger charge is -2.04. The highest BCUT2D eigenvalue weighted by molar-refractivity contribution is 14.1. The van der Waals surface area contributed by atoms with Gasteiger partial charge in [0.1, 0.15) is 5.75 Å². The van der Waals surface area contributed by atoms with Crippen molar-refractivity contribution in [2.24, 2.45) is 5.10 Å². The van der Waals surface area contributed by atoms with Crippen LogP contribution in [0.15, 0.2) is 46.0 Å². The zero-order valence-corrected chi connectivity index (χ0v) is 15.6. The van der Waals surface area contributed by atoms with Gasteiger partial charge >= 0.3 is 0 Å². The minimum atomic E-state index is -0.208. The van der Waals surface area contributed by atoms with Crippen LogP contribution in [0.3, 0.4) is 0 Å². The summed E-state index contributed by atoms with van der Waals surface area (Å²) in [7, 11) is 0. The Morgan fingerprint density at radius 3 is 2.73 bits per heavy atom. The zero-order chi connectivity index (χ0) is 16.1. The second-order valence-corrected chi connectivity index (χ2v) is 6.92. The lowest BCUT2D eigenvalue weighted by Crippen LogP contribution is -2.19. The number of hydrogen-bond donors (Lipinski definition) is 2. The van der Waals surface area contributed by atoms with Gasteiger partial charge in [-0.05, 0) is 64.9 Å². The van der Waals surface area contributed by atoms with Gasteiger partial charge in [0, 0.05) is 13.6 Å². The second kappa shape index (κ2) is 7.73. The van der Waals surface area contributed by atoms with Crippen LogP contribution in [0.5, 0.6) is 5.75 Å². The smallest absolute Gasteiger partial charge is 0.244 e. The summed E-state index contributed by atoms with van der Waals surface area (Å²) in [6, 6.07) is 11.2. The van der Waals surface area contributed by atoms with Gasteiger partial charge in [0.15, 0.2) is 0 Å². The molecule has 0 atom stereocenters. The maximum absolute atomic E-state index is 11.8. The Morgan fingerprint density at radius 2 is 2.05 bits per heavy atom. The van der Waals surface area contributed by atoms with Crippen LogP contribution in [-0.2, 0) is 11.2 Å². The molecule has 0 aliphatic heterocycles. The number of nitrogens with zero attached hydrogens (tertiary/aromatic N) is 1. The molecule has 0 unspecified atom stereocenters. The van der Waals surface area contributed by atoms with Gasteiger partial charge in [0.25, 0.3) is 0 Å². The molecule has 1 amide bonds. The van der Waals surface area contributed by atoms with E-state index in [-0.39, 0.29) is 18.1 Å². The number of phenolic OH excluding ortho intramolecular Hbond substituents is 1. The van der Waals surface area contributed by atoms with Crippen molar-refractivity contribution < 1.29 is 9.90 Å². The number of halogens is 2. The van der Waals surface area contributed by atoms with Crippen molar-refractivity contribution in [3.63, 3.8) is 0 Å². The number of amides is 1. The van der Waals surface area contributed by atoms with Crippen LogP contribution in [0, 0.1) is 10.5 Å². The SMILES string of the molecule is Cc1cc(I)cc(/C=N/NC(=O)Cc2ccc(Br)cc2)c1O. The van der Waals surface area contributed by atoms with Gasteiger partial charge in [0.05, 0.1) is 12.6 Å². The summed E-state index contributed by atoms with van der Waals surface area (Å²) in [6.07, 6.45) is 1.70. The number of rotatable bonds is 4. The van der Waals surface area contributed by atoms with Crippen molar-refractivity contribution in [1.82, 2.24) is 5.43 Å². The highest BCUT2D eigenvalue weighted by Gasteiger charge is 2.05. The van der Waals surface area contributed by atoms with E-state index < -0.39 is 0 Å². The average Bonchev–Trinajstić information content (AvgIpc) is 2.46. The van der Waals surface area contributed by atoms with Crippen LogP contribution in [0.4, 0.5) is 0 Å². The molecule has 4 nitrogen and oxygen atoms in total. The second-order valence-electron chi connectivity index (χ2n) is 4.76. The molecule has 0 heterocycles. The summed E-state index contributed by atoms with van der Waals surface area (Å²) in [5.41, 5.74) is 4.72. The molecule has 22 heavy (non-hydrogen) atoms. The monoisotopic (exact) mass is 472 g/mol. The number of carbonyl (C=O) groups excluding carboxylic acids is 1. The molecule has 0 saturated carbocycles. The number of hydrazone groups is 1. The highest BCUT2D eigenvalue weighted by Crippen LogP contribution is 2.23. The van der Waals surface area contributed by atoms with E-state index in [9.17, 15) is 9.90 Å². The molecule has 0 aliphatic rings. The number of aromatic hydroxyl groups is 1. The first-order chi connectivity index (χ1) is 10.5. The van der Waals surface area contributed by atoms with Gasteiger partial charge in [-0.2, -0.15) is 5.10 Å². The predicted octanol–water partition coefficient (Wildman–Crippen LogP) is 3.76. The summed E-state index contributed by atoms with van der Waals surface area (Å²) < 4.78 is 1.97. The highest BCUT2D eigenvalue weighted by atomic mass is 127. The van der Waals surface area contributed by atoms with Gasteiger partial charge < -0.3 is 5.11 Å². The minimum absolute atomic E-state index is 0.173. The Balaban J connectivity index is 1.97. The fourth-order valence-corrected chi connectivity index (χ4v) is 2.93. The molecule has 2 N–H and O–H groups in total. The molecule has 6 heteroatoms. The fourth-order valence-electron chi connectivity index (χ4n) is 1.86. The summed E-state index contributed by atoms with van der Waals surface area (Å²) >= 11 is 5.52. The zero-order valence-electron chi connectivity index (χ0n) is 11.8. The number of hydrogen-bond acceptors (Lipinski definition) is 3. The molecule has 0 spiro atoms. The average molecular weight is 473 g/mol. The maximum Gasteiger partial charge on any atom is 0.244 e. The topological polar surface area (TPSA) is 61.7 Å². The molecule has 0 saturated heterocycles. The quantitative estimate of drug-likeness (QED) is 0.404. The first-order valence-corrected chi connectivity index (χ1v) is 8.38. The van der Waals surface area contributed by atoms with Gasteiger partial charge in [0.2, 0.25) is 5.91 Å². The van der Waals surface area contributed by atoms with Crippen LogP contribution < -0.4 is 5.43 Å². The van der Waals surface area contributed by atoms with E-state index in [2.05, 4.69) is 49.0 Å². The van der Waals surface area contributed by atoms with Gasteiger partial charge in [-0.25, -0.2) is 5.43 Å². The van der Waals surface area contributed by atoms with E-state index in [1.165, 1.54) is 6.21 Å². The summed E-state index contributed by atoms with van der Waals surface area (Å²) in [4.78, 5) is 11.8. The number of nitrogens with one attached hydrogen (secondary N) is 1. The van der Waals surface area contributed by atoms with Crippen LogP contribution in [0.25, 0.3) is 0 Å². The molecular weight excluding hydrogens is 459 g/mol. The molecule has 2 aromatic carbocycles. The molecule has 0 bridgehead atoms. The Kier molecular flexibility index (Phi) is 5.96. The number of phenols is 1. The van der Waals surface area contributed by atoms with Crippen LogP contribution in [-0.4, -0.2) is 17.2 Å². The van der Waals surface area contributed by atoms with Crippen LogP contribution in [0.2, 0.25) is 0 Å². The number of carbonyl (C=O) groups is 1. The van der Waals surface area contributed by atoms with E-state index in [1.54, 1.807) is 6.07 Å². The third-order valence-corrected chi connectivity index (χ3v) is 4.12. The lowest BCUT2D eigenvalue weighted by atomic mass is 10.1. The van der Waals surface area contributed by atoms with Crippen molar-refractivity contribution >= 4 is 50.6 Å². The Hall–Kier alpha value is -1.41. The molecule has 2 aromatic rings. The maximum atomic E-state index is 11.8. The molecule has 114 valence electrons. The lowest BCUT2D eigenvalue weighted by molar-refractivity contribution is -0.120. The van der Waals surface area contributed by atoms with Gasteiger partial charge in [-0.3, -0.25) is 4.79 Å². The Bertz CT molecular complexity index is 715. The summed E-state index contributed by atoms with van der Waals surface area (Å²) in [5, 5.41) is 13.8. The van der Waals surface area contributed by atoms with Gasteiger partial charge in [-0.15, -0.1) is 0 Å². The predicted molar refractivity (Wildman–Crippen MR) is 99.1 cm³/mol. The first-order valence-electron chi connectivity index (χ1n) is 6.51. The fraction of sp³-hybridized carbons (Fsp3) is 0.125. The van der Waals surface area contributed by atoms with E-state index in [4.69, 9.17) is 0 Å². The number of benzene rings is 2. The third kappa shape index (κ3) is 4.81. The van der Waals surface area contributed by atoms with E-state index in [0.717, 1.165) is 19.2 Å². The standard InChI is InChI=1S/C16H14BrIN2O2/c1-10-6-14(18)8-12(16(10)22)9-19-20-15(21)7-11-2-4-13(17)5-3-11/h2-6,8-9,22H,7H2,1H3,(H,20,21)/b19-9+. The Morgan fingerprint density at radius 1 is 1.36 bits per heavy atom. The van der Waals surface area contributed by atoms with Crippen molar-refractivity contribution in [2.45, 2.75) is 13.3 Å². The van der Waals surface area contributed by atoms with E-state index in [0.29, 0.717) is 5.56 Å². The molecule has 2 rings (SSSR count). The molecule has 0 radical (unpaired) electrons. The largest absolute Gasteiger partial charge is 0.507 e. The van der Waals surface area contributed by atoms with Crippen molar-refractivity contribution in [3.8, 4) is 5.75 Å². The minimum Gasteiger partial charge on any atom is -0.507 e. The Labute approximate surface area is 150 Å². The third-order valence-electron chi connectivity index (χ3n) is 2.97.